The number of benzene rings is 2. The summed E-state index contributed by atoms with van der Waals surface area (Å²) in [6.07, 6.45) is 0.367. The number of amides is 1. The molecule has 7 heteroatoms. The van der Waals surface area contributed by atoms with Crippen molar-refractivity contribution >= 4 is 11.9 Å². The Balaban J connectivity index is 1.81. The summed E-state index contributed by atoms with van der Waals surface area (Å²) in [6.45, 7) is 1.63. The molecule has 0 fully saturated rings. The number of nitrogens with zero attached hydrogens (tertiary/aromatic N) is 2. The summed E-state index contributed by atoms with van der Waals surface area (Å²) in [5, 5.41) is 6.15. The van der Waals surface area contributed by atoms with E-state index >= 15 is 0 Å². The molecule has 0 aliphatic heterocycles. The Bertz CT molecular complexity index is 809. The Kier molecular flexibility index (Phi) is 8.82. The molecule has 2 N–H and O–H groups in total. The van der Waals surface area contributed by atoms with Crippen LogP contribution in [-0.4, -0.2) is 51.6 Å². The molecule has 0 spiro atoms. The third-order valence-corrected chi connectivity index (χ3v) is 4.44. The summed E-state index contributed by atoms with van der Waals surface area (Å²) < 4.78 is 10.7. The van der Waals surface area contributed by atoms with Crippen LogP contribution in [0.2, 0.25) is 0 Å². The minimum Gasteiger partial charge on any atom is -0.497 e. The number of carbonyl (C=O) groups is 1. The molecule has 0 aliphatic rings. The highest BCUT2D eigenvalue weighted by Gasteiger charge is 2.11. The summed E-state index contributed by atoms with van der Waals surface area (Å²) in [5.41, 5.74) is 2.09. The highest BCUT2D eigenvalue weighted by Crippen LogP contribution is 2.25. The smallest absolute Gasteiger partial charge is 0.222 e. The quantitative estimate of drug-likeness (QED) is 0.501. The summed E-state index contributed by atoms with van der Waals surface area (Å²) >= 11 is 0. The first-order valence-corrected chi connectivity index (χ1v) is 9.50. The van der Waals surface area contributed by atoms with Crippen LogP contribution in [-0.2, 0) is 17.9 Å². The van der Waals surface area contributed by atoms with Crippen LogP contribution in [0.25, 0.3) is 0 Å². The second kappa shape index (κ2) is 11.6. The molecule has 0 aliphatic carbocycles. The van der Waals surface area contributed by atoms with Crippen LogP contribution >= 0.6 is 0 Å². The minimum atomic E-state index is -0.00344. The molecule has 1 amide bonds. The number of carbonyl (C=O) groups excluding carboxylic acids is 1. The summed E-state index contributed by atoms with van der Waals surface area (Å²) in [4.78, 5) is 18.3. The number of hydrogen-bond donors (Lipinski definition) is 2. The lowest BCUT2D eigenvalue weighted by Gasteiger charge is -2.23. The summed E-state index contributed by atoms with van der Waals surface area (Å²) in [5.74, 6) is 2.21. The van der Waals surface area contributed by atoms with Crippen molar-refractivity contribution < 1.29 is 14.3 Å². The number of hydrogen-bond acceptors (Lipinski definition) is 4. The predicted molar refractivity (Wildman–Crippen MR) is 115 cm³/mol. The van der Waals surface area contributed by atoms with E-state index in [1.165, 1.54) is 0 Å². The van der Waals surface area contributed by atoms with Crippen LogP contribution < -0.4 is 20.1 Å². The van der Waals surface area contributed by atoms with Crippen LogP contribution in [0.3, 0.4) is 0 Å². The molecule has 2 aromatic rings. The van der Waals surface area contributed by atoms with E-state index in [9.17, 15) is 4.79 Å². The fraction of sp³-hybridized carbons (Fsp3) is 0.364. The Morgan fingerprint density at radius 2 is 1.83 bits per heavy atom. The van der Waals surface area contributed by atoms with E-state index in [1.807, 2.05) is 60.5 Å². The average molecular weight is 399 g/mol. The lowest BCUT2D eigenvalue weighted by molar-refractivity contribution is -0.121. The third-order valence-electron chi connectivity index (χ3n) is 4.44. The van der Waals surface area contributed by atoms with E-state index in [2.05, 4.69) is 15.6 Å². The van der Waals surface area contributed by atoms with Gasteiger partial charge in [-0.3, -0.25) is 9.79 Å². The van der Waals surface area contributed by atoms with Gasteiger partial charge in [0.1, 0.15) is 11.5 Å². The van der Waals surface area contributed by atoms with Gasteiger partial charge < -0.3 is 25.0 Å². The van der Waals surface area contributed by atoms with Crippen LogP contribution in [0.4, 0.5) is 0 Å². The van der Waals surface area contributed by atoms with Gasteiger partial charge >= 0.3 is 0 Å². The lowest BCUT2D eigenvalue weighted by atomic mass is 10.2. The third kappa shape index (κ3) is 7.03. The van der Waals surface area contributed by atoms with Gasteiger partial charge in [-0.25, -0.2) is 0 Å². The molecule has 0 heterocycles. The first kappa shape index (κ1) is 22.1. The minimum absolute atomic E-state index is 0.00344. The van der Waals surface area contributed by atoms with Crippen molar-refractivity contribution in [2.24, 2.45) is 4.99 Å². The van der Waals surface area contributed by atoms with Gasteiger partial charge in [-0.15, -0.1) is 0 Å². The van der Waals surface area contributed by atoms with Gasteiger partial charge in [0.15, 0.2) is 5.96 Å². The molecule has 0 saturated heterocycles. The zero-order valence-electron chi connectivity index (χ0n) is 17.6. The molecule has 0 bridgehead atoms. The molecular weight excluding hydrogens is 368 g/mol. The van der Waals surface area contributed by atoms with Gasteiger partial charge in [0.05, 0.1) is 14.2 Å². The number of nitrogens with one attached hydrogen (secondary N) is 2. The second-order valence-electron chi connectivity index (χ2n) is 6.52. The highest BCUT2D eigenvalue weighted by molar-refractivity contribution is 5.81. The van der Waals surface area contributed by atoms with Crippen LogP contribution in [0.1, 0.15) is 17.5 Å². The van der Waals surface area contributed by atoms with Crippen LogP contribution in [0.5, 0.6) is 11.5 Å². The number of rotatable bonds is 9. The van der Waals surface area contributed by atoms with Gasteiger partial charge in [-0.05, 0) is 17.7 Å². The Labute approximate surface area is 172 Å². The SMILES string of the molecule is CN=C(NCCC(=O)NCc1ccccc1)N(C)Cc1ccc(OC)cc1OC. The topological polar surface area (TPSA) is 75.2 Å². The molecular formula is C22H30N4O3. The number of guanidine groups is 1. The number of methoxy groups -OCH3 is 2. The molecule has 2 rings (SSSR count). The molecule has 0 unspecified atom stereocenters. The first-order valence-electron chi connectivity index (χ1n) is 9.50. The van der Waals surface area contributed by atoms with E-state index in [0.717, 1.165) is 22.6 Å². The second-order valence-corrected chi connectivity index (χ2v) is 6.52. The van der Waals surface area contributed by atoms with Gasteiger partial charge in [0.25, 0.3) is 0 Å². The van der Waals surface area contributed by atoms with E-state index in [-0.39, 0.29) is 5.91 Å². The van der Waals surface area contributed by atoms with Gasteiger partial charge in [-0.1, -0.05) is 30.3 Å². The predicted octanol–water partition coefficient (Wildman–Crippen LogP) is 2.42. The lowest BCUT2D eigenvalue weighted by Crippen LogP contribution is -2.40. The molecule has 7 nitrogen and oxygen atoms in total. The molecule has 0 aromatic heterocycles. The standard InChI is InChI=1S/C22H30N4O3/c1-23-22(24-13-12-21(27)25-15-17-8-6-5-7-9-17)26(2)16-18-10-11-19(28-3)14-20(18)29-4/h5-11,14H,12-13,15-16H2,1-4H3,(H,23,24)(H,25,27). The zero-order chi connectivity index (χ0) is 21.1. The van der Waals surface area contributed by atoms with E-state index < -0.39 is 0 Å². The van der Waals surface area contributed by atoms with Crippen molar-refractivity contribution in [2.45, 2.75) is 19.5 Å². The molecule has 29 heavy (non-hydrogen) atoms. The molecule has 2 aromatic carbocycles. The largest absolute Gasteiger partial charge is 0.497 e. The normalized spacial score (nSPS) is 11.0. The zero-order valence-corrected chi connectivity index (χ0v) is 17.6. The number of aliphatic imine (C=N–C) groups is 1. The van der Waals surface area contributed by atoms with Crippen molar-refractivity contribution in [3.63, 3.8) is 0 Å². The van der Waals surface area contributed by atoms with Gasteiger partial charge in [0, 0.05) is 51.8 Å². The first-order chi connectivity index (χ1) is 14.1. The summed E-state index contributed by atoms with van der Waals surface area (Å²) in [7, 11) is 6.93. The molecule has 0 atom stereocenters. The highest BCUT2D eigenvalue weighted by atomic mass is 16.5. The van der Waals surface area contributed by atoms with Crippen molar-refractivity contribution in [1.29, 1.82) is 0 Å². The van der Waals surface area contributed by atoms with Crippen molar-refractivity contribution in [1.82, 2.24) is 15.5 Å². The number of ether oxygens (including phenoxy) is 2. The molecule has 0 radical (unpaired) electrons. The Morgan fingerprint density at radius 3 is 2.48 bits per heavy atom. The van der Waals surface area contributed by atoms with E-state index in [4.69, 9.17) is 9.47 Å². The van der Waals surface area contributed by atoms with Crippen LogP contribution in [0, 0.1) is 0 Å². The van der Waals surface area contributed by atoms with Gasteiger partial charge in [-0.2, -0.15) is 0 Å². The van der Waals surface area contributed by atoms with E-state index in [0.29, 0.717) is 32.0 Å². The van der Waals surface area contributed by atoms with Crippen molar-refractivity contribution in [3.8, 4) is 11.5 Å². The van der Waals surface area contributed by atoms with Gasteiger partial charge in [0.2, 0.25) is 5.91 Å². The maximum atomic E-state index is 12.1. The monoisotopic (exact) mass is 398 g/mol. The van der Waals surface area contributed by atoms with Crippen molar-refractivity contribution in [2.75, 3.05) is 34.9 Å². The Hall–Kier alpha value is -3.22. The van der Waals surface area contributed by atoms with E-state index in [1.54, 1.807) is 21.3 Å². The molecule has 156 valence electrons. The maximum absolute atomic E-state index is 12.1. The fourth-order valence-corrected chi connectivity index (χ4v) is 2.87. The molecule has 0 saturated carbocycles. The maximum Gasteiger partial charge on any atom is 0.222 e. The van der Waals surface area contributed by atoms with Crippen molar-refractivity contribution in [3.05, 3.63) is 59.7 Å². The summed E-state index contributed by atoms with van der Waals surface area (Å²) in [6, 6.07) is 15.6. The fourth-order valence-electron chi connectivity index (χ4n) is 2.87. The average Bonchev–Trinajstić information content (AvgIpc) is 2.76. The van der Waals surface area contributed by atoms with Crippen LogP contribution in [0.15, 0.2) is 53.5 Å². The Morgan fingerprint density at radius 1 is 1.07 bits per heavy atom.